The topological polar surface area (TPSA) is 126 Å². The van der Waals surface area contributed by atoms with Crippen LogP contribution in [0.5, 0.6) is 11.5 Å². The maximum Gasteiger partial charge on any atom is 0.228 e. The Balaban J connectivity index is 0.000000608. The molecular weight excluding hydrogens is 560 g/mol. The number of piperidine rings is 1. The highest BCUT2D eigenvalue weighted by molar-refractivity contribution is 6.30. The maximum absolute atomic E-state index is 12.7. The summed E-state index contributed by atoms with van der Waals surface area (Å²) in [7, 11) is 5.11. The van der Waals surface area contributed by atoms with Crippen LogP contribution in [0.4, 0.5) is 5.69 Å². The normalized spacial score (nSPS) is 14.7. The van der Waals surface area contributed by atoms with Gasteiger partial charge in [0.05, 0.1) is 24.8 Å². The van der Waals surface area contributed by atoms with Gasteiger partial charge in [-0.15, -0.1) is 0 Å². The van der Waals surface area contributed by atoms with Crippen molar-refractivity contribution >= 4 is 42.9 Å². The second kappa shape index (κ2) is 21.8. The Kier molecular flexibility index (Phi) is 18.7. The number of carbonyl (C=O) groups is 2. The lowest BCUT2D eigenvalue weighted by Gasteiger charge is -2.31. The Morgan fingerprint density at radius 2 is 1.83 bits per heavy atom. The smallest absolute Gasteiger partial charge is 0.228 e. The van der Waals surface area contributed by atoms with Crippen molar-refractivity contribution in [3.8, 4) is 11.5 Å². The molecule has 3 N–H and O–H groups in total. The molecule has 2 aromatic carbocycles. The summed E-state index contributed by atoms with van der Waals surface area (Å²) < 4.78 is 16.6. The van der Waals surface area contributed by atoms with Crippen molar-refractivity contribution in [3.05, 3.63) is 64.9 Å². The number of halogens is 1. The molecule has 42 heavy (non-hydrogen) atoms. The second-order valence-corrected chi connectivity index (χ2v) is 9.23. The molecule has 12 heteroatoms. The molecule has 0 bridgehead atoms. The number of hydrogen-bond acceptors (Lipinski definition) is 10. The lowest BCUT2D eigenvalue weighted by atomic mass is 9.97. The van der Waals surface area contributed by atoms with Gasteiger partial charge in [0.25, 0.3) is 0 Å². The van der Waals surface area contributed by atoms with Crippen LogP contribution >= 0.6 is 11.6 Å². The third-order valence-corrected chi connectivity index (χ3v) is 6.17. The molecule has 3 rings (SSSR count). The Bertz CT molecular complexity index is 1130. The predicted molar refractivity (Wildman–Crippen MR) is 170 cm³/mol. The van der Waals surface area contributed by atoms with E-state index >= 15 is 0 Å². The number of allylic oxidation sites excluding steroid dienone is 1. The van der Waals surface area contributed by atoms with Crippen molar-refractivity contribution in [2.75, 3.05) is 59.6 Å². The number of carbonyl (C=O) groups excluding carboxylic acids is 2. The van der Waals surface area contributed by atoms with Crippen molar-refractivity contribution in [2.45, 2.75) is 19.8 Å². The standard InChI is InChI=1S/C21H30ClN3O5.C7H9N.C2H4N2/c1-4-29-19-8-7-16(22)10-20(19)30-14-25-9-5-6-15(11-25)21(27)24-17(12-26)18(23-2)13-28-3;1-8-7-5-3-2-4-6-7;1-3-4-2/h7-8,10,12,15,23H,4-6,9,11,13-14H2,1-3H3,(H,24,27);2-6,8H,1H3;1-2H2/b18-17+;;. The van der Waals surface area contributed by atoms with Gasteiger partial charge in [0.15, 0.2) is 17.8 Å². The van der Waals surface area contributed by atoms with Gasteiger partial charge in [0.2, 0.25) is 5.91 Å². The van der Waals surface area contributed by atoms with Crippen LogP contribution in [0.15, 0.2) is 70.1 Å². The van der Waals surface area contributed by atoms with Crippen molar-refractivity contribution in [1.82, 2.24) is 15.5 Å². The summed E-state index contributed by atoms with van der Waals surface area (Å²) in [6.07, 6.45) is 2.22. The average molecular weight is 603 g/mol. The second-order valence-electron chi connectivity index (χ2n) is 8.79. The molecule has 1 aliphatic rings. The fraction of sp³-hybridized carbons (Fsp3) is 0.400. The number of ether oxygens (including phenoxy) is 3. The van der Waals surface area contributed by atoms with Crippen molar-refractivity contribution in [1.29, 1.82) is 0 Å². The number of aldehydes is 1. The van der Waals surface area contributed by atoms with E-state index in [1.165, 1.54) is 7.11 Å². The molecule has 1 amide bonds. The lowest BCUT2D eigenvalue weighted by molar-refractivity contribution is -0.127. The van der Waals surface area contributed by atoms with Crippen LogP contribution in [0.25, 0.3) is 0 Å². The van der Waals surface area contributed by atoms with Crippen molar-refractivity contribution in [2.24, 2.45) is 16.1 Å². The maximum atomic E-state index is 12.7. The van der Waals surface area contributed by atoms with Crippen LogP contribution in [0.1, 0.15) is 19.8 Å². The first-order valence-corrected chi connectivity index (χ1v) is 13.8. The molecular formula is C30H43ClN6O5. The number of para-hydroxylation sites is 1. The lowest BCUT2D eigenvalue weighted by Crippen LogP contribution is -2.44. The molecule has 2 aromatic rings. The summed E-state index contributed by atoms with van der Waals surface area (Å²) in [4.78, 5) is 26.2. The first-order chi connectivity index (χ1) is 20.4. The van der Waals surface area contributed by atoms with E-state index in [1.807, 2.05) is 44.3 Å². The minimum atomic E-state index is -0.247. The number of nitrogens with zero attached hydrogens (tertiary/aromatic N) is 3. The van der Waals surface area contributed by atoms with Crippen LogP contribution in [0.2, 0.25) is 5.02 Å². The number of likely N-dealkylation sites (tertiary alicyclic amines) is 1. The quantitative estimate of drug-likeness (QED) is 0.135. The average Bonchev–Trinajstić information content (AvgIpc) is 3.03. The van der Waals surface area contributed by atoms with E-state index in [-0.39, 0.29) is 24.1 Å². The van der Waals surface area contributed by atoms with Crippen LogP contribution in [-0.4, -0.2) is 84.8 Å². The molecule has 1 fully saturated rings. The summed E-state index contributed by atoms with van der Waals surface area (Å²) in [5.41, 5.74) is 1.88. The van der Waals surface area contributed by atoms with Crippen LogP contribution in [-0.2, 0) is 14.3 Å². The fourth-order valence-electron chi connectivity index (χ4n) is 3.86. The number of methoxy groups -OCH3 is 1. The monoisotopic (exact) mass is 602 g/mol. The molecule has 1 aliphatic heterocycles. The third-order valence-electron chi connectivity index (χ3n) is 5.94. The molecule has 1 atom stereocenters. The third kappa shape index (κ3) is 13.6. The molecule has 1 unspecified atom stereocenters. The minimum Gasteiger partial charge on any atom is -0.490 e. The molecule has 0 saturated carbocycles. The van der Waals surface area contributed by atoms with Gasteiger partial charge < -0.3 is 30.2 Å². The Labute approximate surface area is 254 Å². The first kappa shape index (κ1) is 36.1. The van der Waals surface area contributed by atoms with E-state index in [1.54, 1.807) is 25.2 Å². The van der Waals surface area contributed by atoms with Crippen LogP contribution in [0.3, 0.4) is 0 Å². The van der Waals surface area contributed by atoms with Crippen molar-refractivity contribution < 1.29 is 23.8 Å². The molecule has 230 valence electrons. The van der Waals surface area contributed by atoms with Crippen molar-refractivity contribution in [3.63, 3.8) is 0 Å². The number of hydrogen-bond donors (Lipinski definition) is 3. The summed E-state index contributed by atoms with van der Waals surface area (Å²) in [5, 5.41) is 15.2. The number of anilines is 1. The zero-order valence-electron chi connectivity index (χ0n) is 24.9. The highest BCUT2D eigenvalue weighted by Gasteiger charge is 2.27. The van der Waals surface area contributed by atoms with E-state index in [2.05, 4.69) is 44.5 Å². The number of rotatable bonds is 13. The molecule has 0 aromatic heterocycles. The van der Waals surface area contributed by atoms with Gasteiger partial charge in [-0.3, -0.25) is 14.5 Å². The molecule has 11 nitrogen and oxygen atoms in total. The number of nitrogens with one attached hydrogen (secondary N) is 3. The van der Waals surface area contributed by atoms with E-state index in [0.29, 0.717) is 48.4 Å². The number of benzene rings is 2. The highest BCUT2D eigenvalue weighted by Crippen LogP contribution is 2.31. The van der Waals surface area contributed by atoms with Crippen LogP contribution < -0.4 is 25.4 Å². The number of likely N-dealkylation sites (N-methyl/N-ethyl adjacent to an activating group) is 1. The Hall–Kier alpha value is -3.93. The summed E-state index contributed by atoms with van der Waals surface area (Å²) in [6.45, 7) is 10.3. The zero-order valence-corrected chi connectivity index (χ0v) is 25.7. The highest BCUT2D eigenvalue weighted by atomic mass is 35.5. The van der Waals surface area contributed by atoms with E-state index in [0.717, 1.165) is 25.1 Å². The first-order valence-electron chi connectivity index (χ1n) is 13.4. The van der Waals surface area contributed by atoms with E-state index in [9.17, 15) is 9.59 Å². The zero-order chi connectivity index (χ0) is 31.2. The van der Waals surface area contributed by atoms with Gasteiger partial charge in [-0.25, -0.2) is 0 Å². The van der Waals surface area contributed by atoms with E-state index < -0.39 is 0 Å². The molecule has 0 spiro atoms. The Morgan fingerprint density at radius 1 is 1.12 bits per heavy atom. The van der Waals surface area contributed by atoms with Gasteiger partial charge in [0.1, 0.15) is 12.4 Å². The van der Waals surface area contributed by atoms with Gasteiger partial charge in [0, 0.05) is 64.5 Å². The molecule has 1 saturated heterocycles. The number of amides is 1. The van der Waals surface area contributed by atoms with E-state index in [4.69, 9.17) is 25.8 Å². The predicted octanol–water partition coefficient (Wildman–Crippen LogP) is 4.21. The van der Waals surface area contributed by atoms with Gasteiger partial charge in [-0.2, -0.15) is 10.2 Å². The summed E-state index contributed by atoms with van der Waals surface area (Å²) in [5.74, 6) is 0.763. The summed E-state index contributed by atoms with van der Waals surface area (Å²) >= 11 is 6.08. The summed E-state index contributed by atoms with van der Waals surface area (Å²) in [6, 6.07) is 15.3. The Morgan fingerprint density at radius 3 is 2.38 bits per heavy atom. The van der Waals surface area contributed by atoms with Gasteiger partial charge >= 0.3 is 0 Å². The van der Waals surface area contributed by atoms with Gasteiger partial charge in [-0.05, 0) is 44.0 Å². The molecule has 0 radical (unpaired) electrons. The van der Waals surface area contributed by atoms with Crippen LogP contribution in [0, 0.1) is 5.92 Å². The largest absolute Gasteiger partial charge is 0.490 e. The minimum absolute atomic E-state index is 0.191. The SMILES string of the molecule is C=NN=C.CCOc1ccc(Cl)cc1OCN1CCCC(C(=O)N/C(C=O)=C(\COC)NC)C1.CNc1ccccc1. The molecule has 0 aliphatic carbocycles. The fourth-order valence-corrected chi connectivity index (χ4v) is 4.02. The molecule has 1 heterocycles. The van der Waals surface area contributed by atoms with Gasteiger partial charge in [-0.1, -0.05) is 29.8 Å².